The highest BCUT2D eigenvalue weighted by Gasteiger charge is 2.37. The maximum absolute atomic E-state index is 13.2. The van der Waals surface area contributed by atoms with E-state index in [1.54, 1.807) is 0 Å². The predicted octanol–water partition coefficient (Wildman–Crippen LogP) is 3.38. The van der Waals surface area contributed by atoms with Crippen LogP contribution in [0.3, 0.4) is 0 Å². The molecule has 1 aromatic heterocycles. The van der Waals surface area contributed by atoms with Crippen LogP contribution in [0.25, 0.3) is 11.4 Å². The number of nitrogens with zero attached hydrogens (tertiary/aromatic N) is 2. The van der Waals surface area contributed by atoms with E-state index in [9.17, 15) is 8.78 Å². The van der Waals surface area contributed by atoms with Crippen molar-refractivity contribution in [2.75, 3.05) is 0 Å². The van der Waals surface area contributed by atoms with Gasteiger partial charge in [0.05, 0.1) is 5.54 Å². The molecule has 0 spiro atoms. The smallest absolute Gasteiger partial charge is 0.247 e. The lowest BCUT2D eigenvalue weighted by Crippen LogP contribution is -2.40. The third-order valence-corrected chi connectivity index (χ3v) is 4.14. The van der Waals surface area contributed by atoms with Gasteiger partial charge in [0.15, 0.2) is 0 Å². The van der Waals surface area contributed by atoms with E-state index in [1.807, 2.05) is 0 Å². The van der Waals surface area contributed by atoms with Crippen LogP contribution in [0, 0.1) is 17.6 Å². The zero-order valence-electron chi connectivity index (χ0n) is 11.8. The minimum Gasteiger partial charge on any atom is -0.337 e. The molecule has 3 rings (SSSR count). The molecule has 112 valence electrons. The standard InChI is InChI=1S/C15H17F2N3O/c1-9-2-4-15(18,5-3-9)14-19-13(20-21-14)10-6-11(16)8-12(17)7-10/h6-9H,2-5,18H2,1H3. The number of halogens is 2. The van der Waals surface area contributed by atoms with Crippen LogP contribution in [0.15, 0.2) is 22.7 Å². The van der Waals surface area contributed by atoms with Gasteiger partial charge >= 0.3 is 0 Å². The summed E-state index contributed by atoms with van der Waals surface area (Å²) in [4.78, 5) is 4.25. The Morgan fingerprint density at radius 1 is 1.19 bits per heavy atom. The summed E-state index contributed by atoms with van der Waals surface area (Å²) in [5.74, 6) is -0.210. The van der Waals surface area contributed by atoms with Crippen LogP contribution in [-0.2, 0) is 5.54 Å². The Balaban J connectivity index is 1.89. The van der Waals surface area contributed by atoms with Crippen LogP contribution in [0.1, 0.15) is 38.5 Å². The van der Waals surface area contributed by atoms with Gasteiger partial charge in [-0.25, -0.2) is 8.78 Å². The number of hydrogen-bond donors (Lipinski definition) is 1. The minimum absolute atomic E-state index is 0.159. The maximum atomic E-state index is 13.2. The Bertz CT molecular complexity index is 628. The molecule has 0 unspecified atom stereocenters. The summed E-state index contributed by atoms with van der Waals surface area (Å²) >= 11 is 0. The zero-order chi connectivity index (χ0) is 15.0. The molecule has 0 radical (unpaired) electrons. The first-order chi connectivity index (χ1) is 9.96. The fourth-order valence-electron chi connectivity index (χ4n) is 2.72. The molecule has 1 aliphatic rings. The fraction of sp³-hybridized carbons (Fsp3) is 0.467. The maximum Gasteiger partial charge on any atom is 0.247 e. The van der Waals surface area contributed by atoms with Crippen molar-refractivity contribution in [2.24, 2.45) is 11.7 Å². The van der Waals surface area contributed by atoms with Crippen molar-refractivity contribution in [3.8, 4) is 11.4 Å². The Hall–Kier alpha value is -1.82. The van der Waals surface area contributed by atoms with Crippen LogP contribution in [0.2, 0.25) is 0 Å². The second kappa shape index (κ2) is 5.18. The molecule has 1 saturated carbocycles. The van der Waals surface area contributed by atoms with Gasteiger partial charge in [-0.2, -0.15) is 4.98 Å². The first-order valence-corrected chi connectivity index (χ1v) is 7.06. The average molecular weight is 293 g/mol. The first kappa shape index (κ1) is 14.1. The Morgan fingerprint density at radius 3 is 2.43 bits per heavy atom. The third kappa shape index (κ3) is 2.81. The van der Waals surface area contributed by atoms with E-state index < -0.39 is 17.2 Å². The van der Waals surface area contributed by atoms with Gasteiger partial charge in [-0.1, -0.05) is 12.1 Å². The number of nitrogens with two attached hydrogens (primary N) is 1. The van der Waals surface area contributed by atoms with Gasteiger partial charge < -0.3 is 10.3 Å². The molecule has 1 aliphatic carbocycles. The highest BCUT2D eigenvalue weighted by Crippen LogP contribution is 2.37. The quantitative estimate of drug-likeness (QED) is 0.922. The van der Waals surface area contributed by atoms with E-state index >= 15 is 0 Å². The van der Waals surface area contributed by atoms with Crippen molar-refractivity contribution < 1.29 is 13.3 Å². The van der Waals surface area contributed by atoms with Crippen molar-refractivity contribution in [1.82, 2.24) is 10.1 Å². The molecule has 2 aromatic rings. The van der Waals surface area contributed by atoms with Gasteiger partial charge in [0.2, 0.25) is 11.7 Å². The van der Waals surface area contributed by atoms with Crippen LogP contribution in [0.5, 0.6) is 0 Å². The van der Waals surface area contributed by atoms with Crippen LogP contribution in [0.4, 0.5) is 8.78 Å². The first-order valence-electron chi connectivity index (χ1n) is 7.06. The second-order valence-corrected chi connectivity index (χ2v) is 5.92. The van der Waals surface area contributed by atoms with Crippen molar-refractivity contribution in [2.45, 2.75) is 38.1 Å². The van der Waals surface area contributed by atoms with Crippen LogP contribution in [-0.4, -0.2) is 10.1 Å². The largest absolute Gasteiger partial charge is 0.337 e. The van der Waals surface area contributed by atoms with Crippen LogP contribution >= 0.6 is 0 Å². The highest BCUT2D eigenvalue weighted by molar-refractivity contribution is 5.54. The normalized spacial score (nSPS) is 26.0. The molecule has 0 amide bonds. The van der Waals surface area contributed by atoms with E-state index in [2.05, 4.69) is 17.1 Å². The summed E-state index contributed by atoms with van der Waals surface area (Å²) in [6.07, 6.45) is 3.55. The molecule has 0 bridgehead atoms. The molecule has 21 heavy (non-hydrogen) atoms. The number of rotatable bonds is 2. The van der Waals surface area contributed by atoms with Gasteiger partial charge in [-0.15, -0.1) is 0 Å². The van der Waals surface area contributed by atoms with Crippen molar-refractivity contribution >= 4 is 0 Å². The lowest BCUT2D eigenvalue weighted by atomic mass is 9.78. The Morgan fingerprint density at radius 2 is 1.81 bits per heavy atom. The molecule has 6 heteroatoms. The molecule has 1 heterocycles. The number of benzene rings is 1. The molecule has 2 N–H and O–H groups in total. The molecular weight excluding hydrogens is 276 g/mol. The number of aromatic nitrogens is 2. The third-order valence-electron chi connectivity index (χ3n) is 4.14. The molecule has 1 aromatic carbocycles. The molecule has 4 nitrogen and oxygen atoms in total. The molecule has 0 saturated heterocycles. The van der Waals surface area contributed by atoms with E-state index in [0.717, 1.165) is 31.7 Å². The van der Waals surface area contributed by atoms with Crippen molar-refractivity contribution in [3.63, 3.8) is 0 Å². The average Bonchev–Trinajstić information content (AvgIpc) is 2.92. The van der Waals surface area contributed by atoms with Gasteiger partial charge in [0, 0.05) is 11.6 Å². The minimum atomic E-state index is -0.676. The molecule has 1 fully saturated rings. The summed E-state index contributed by atoms with van der Waals surface area (Å²) in [6, 6.07) is 3.14. The highest BCUT2D eigenvalue weighted by atomic mass is 19.1. The van der Waals surface area contributed by atoms with Gasteiger partial charge in [-0.05, 0) is 43.7 Å². The van der Waals surface area contributed by atoms with E-state index in [-0.39, 0.29) is 11.4 Å². The van der Waals surface area contributed by atoms with Crippen molar-refractivity contribution in [3.05, 3.63) is 35.7 Å². The molecule has 0 aliphatic heterocycles. The summed E-state index contributed by atoms with van der Waals surface area (Å²) in [7, 11) is 0. The van der Waals surface area contributed by atoms with Crippen molar-refractivity contribution in [1.29, 1.82) is 0 Å². The van der Waals surface area contributed by atoms with E-state index in [1.165, 1.54) is 12.1 Å². The molecule has 0 atom stereocenters. The molecular formula is C15H17F2N3O. The SMILES string of the molecule is CC1CCC(N)(c2nc(-c3cc(F)cc(F)c3)no2)CC1. The van der Waals surface area contributed by atoms with E-state index in [0.29, 0.717) is 11.8 Å². The summed E-state index contributed by atoms with van der Waals surface area (Å²) < 4.78 is 31.7. The topological polar surface area (TPSA) is 64.9 Å². The summed E-state index contributed by atoms with van der Waals surface area (Å²) in [5.41, 5.74) is 5.96. The van der Waals surface area contributed by atoms with Gasteiger partial charge in [0.25, 0.3) is 0 Å². The fourth-order valence-corrected chi connectivity index (χ4v) is 2.72. The Labute approximate surface area is 121 Å². The lowest BCUT2D eigenvalue weighted by molar-refractivity contribution is 0.190. The Kier molecular flexibility index (Phi) is 3.49. The summed E-state index contributed by atoms with van der Waals surface area (Å²) in [6.45, 7) is 2.19. The lowest BCUT2D eigenvalue weighted by Gasteiger charge is -2.32. The van der Waals surface area contributed by atoms with Gasteiger partial charge in [0.1, 0.15) is 11.6 Å². The zero-order valence-corrected chi connectivity index (χ0v) is 11.8. The monoisotopic (exact) mass is 293 g/mol. The second-order valence-electron chi connectivity index (χ2n) is 5.92. The number of hydrogen-bond acceptors (Lipinski definition) is 4. The summed E-state index contributed by atoms with van der Waals surface area (Å²) in [5, 5.41) is 3.81. The van der Waals surface area contributed by atoms with E-state index in [4.69, 9.17) is 10.3 Å². The van der Waals surface area contributed by atoms with Gasteiger partial charge in [-0.3, -0.25) is 0 Å². The predicted molar refractivity (Wildman–Crippen MR) is 73.1 cm³/mol. The van der Waals surface area contributed by atoms with Crippen LogP contribution < -0.4 is 5.73 Å².